The Morgan fingerprint density at radius 2 is 1.58 bits per heavy atom. The Kier molecular flexibility index (Phi) is 7.21. The predicted molar refractivity (Wildman–Crippen MR) is 127 cm³/mol. The van der Waals surface area contributed by atoms with E-state index in [9.17, 15) is 18.0 Å². The van der Waals surface area contributed by atoms with Gasteiger partial charge in [-0.3, -0.25) is 9.59 Å². The summed E-state index contributed by atoms with van der Waals surface area (Å²) in [5.74, 6) is -0.761. The molecule has 8 nitrogen and oxygen atoms in total. The Morgan fingerprint density at radius 3 is 2.24 bits per heavy atom. The Morgan fingerprint density at radius 1 is 0.909 bits per heavy atom. The SMILES string of the molecule is O=C(NCC(=O)N1CCN(c2ccccc2)CC1)c1cc(S(=O)(=O)N2CCCC2)ccc1Cl. The number of nitrogens with one attached hydrogen (secondary N) is 1. The molecule has 0 aliphatic carbocycles. The number of hydrogen-bond donors (Lipinski definition) is 1. The molecule has 0 bridgehead atoms. The molecule has 176 valence electrons. The number of rotatable bonds is 6. The van der Waals surface area contributed by atoms with Crippen LogP contribution in [-0.2, 0) is 14.8 Å². The quantitative estimate of drug-likeness (QED) is 0.670. The highest BCUT2D eigenvalue weighted by Gasteiger charge is 2.28. The third kappa shape index (κ3) is 5.31. The Labute approximate surface area is 199 Å². The van der Waals surface area contributed by atoms with Crippen LogP contribution < -0.4 is 10.2 Å². The average molecular weight is 491 g/mol. The van der Waals surface area contributed by atoms with E-state index in [4.69, 9.17) is 11.6 Å². The first-order valence-electron chi connectivity index (χ1n) is 11.0. The molecule has 33 heavy (non-hydrogen) atoms. The maximum absolute atomic E-state index is 12.8. The molecule has 10 heteroatoms. The van der Waals surface area contributed by atoms with Crippen LogP contribution in [0.3, 0.4) is 0 Å². The normalized spacial score (nSPS) is 17.2. The zero-order valence-electron chi connectivity index (χ0n) is 18.2. The summed E-state index contributed by atoms with van der Waals surface area (Å²) in [6.07, 6.45) is 1.64. The number of nitrogens with zero attached hydrogens (tertiary/aromatic N) is 3. The number of sulfonamides is 1. The highest BCUT2D eigenvalue weighted by Crippen LogP contribution is 2.25. The summed E-state index contributed by atoms with van der Waals surface area (Å²) in [7, 11) is -3.67. The third-order valence-electron chi connectivity index (χ3n) is 6.04. The van der Waals surface area contributed by atoms with Gasteiger partial charge in [-0.05, 0) is 43.2 Å². The topological polar surface area (TPSA) is 90.0 Å². The molecule has 2 saturated heterocycles. The number of halogens is 1. The fraction of sp³-hybridized carbons (Fsp3) is 0.391. The lowest BCUT2D eigenvalue weighted by Crippen LogP contribution is -2.51. The molecule has 0 saturated carbocycles. The monoisotopic (exact) mass is 490 g/mol. The number of anilines is 1. The summed E-state index contributed by atoms with van der Waals surface area (Å²) in [5.41, 5.74) is 1.16. The third-order valence-corrected chi connectivity index (χ3v) is 8.26. The molecule has 0 atom stereocenters. The highest BCUT2D eigenvalue weighted by atomic mass is 35.5. The van der Waals surface area contributed by atoms with Crippen molar-refractivity contribution in [3.8, 4) is 0 Å². The van der Waals surface area contributed by atoms with Crippen molar-refractivity contribution >= 4 is 39.1 Å². The summed E-state index contributed by atoms with van der Waals surface area (Å²) in [6, 6.07) is 14.1. The minimum atomic E-state index is -3.67. The molecule has 0 radical (unpaired) electrons. The minimum Gasteiger partial charge on any atom is -0.368 e. The number of carbonyl (C=O) groups excluding carboxylic acids is 2. The molecular formula is C23H27ClN4O4S. The first-order valence-corrected chi connectivity index (χ1v) is 12.8. The van der Waals surface area contributed by atoms with Gasteiger partial charge in [0.1, 0.15) is 0 Å². The van der Waals surface area contributed by atoms with Gasteiger partial charge in [0.05, 0.1) is 22.0 Å². The second-order valence-electron chi connectivity index (χ2n) is 8.14. The van der Waals surface area contributed by atoms with E-state index in [0.29, 0.717) is 39.3 Å². The van der Waals surface area contributed by atoms with Crippen LogP contribution in [0.25, 0.3) is 0 Å². The van der Waals surface area contributed by atoms with E-state index in [0.717, 1.165) is 18.5 Å². The maximum Gasteiger partial charge on any atom is 0.253 e. The average Bonchev–Trinajstić information content (AvgIpc) is 3.39. The number of piperazine rings is 1. The van der Waals surface area contributed by atoms with Crippen LogP contribution in [0.1, 0.15) is 23.2 Å². The van der Waals surface area contributed by atoms with Crippen molar-refractivity contribution in [2.75, 3.05) is 50.7 Å². The van der Waals surface area contributed by atoms with Gasteiger partial charge in [-0.1, -0.05) is 29.8 Å². The molecule has 0 spiro atoms. The number of carbonyl (C=O) groups is 2. The van der Waals surface area contributed by atoms with Crippen molar-refractivity contribution in [2.45, 2.75) is 17.7 Å². The molecule has 2 aromatic carbocycles. The summed E-state index contributed by atoms with van der Waals surface area (Å²) < 4.78 is 27.0. The van der Waals surface area contributed by atoms with Gasteiger partial charge in [0.2, 0.25) is 15.9 Å². The van der Waals surface area contributed by atoms with Crippen LogP contribution in [0, 0.1) is 0 Å². The van der Waals surface area contributed by atoms with Gasteiger partial charge < -0.3 is 15.1 Å². The molecule has 2 heterocycles. The molecule has 2 aliphatic heterocycles. The summed E-state index contributed by atoms with van der Waals surface area (Å²) in [6.45, 7) is 3.32. The van der Waals surface area contributed by atoms with Crippen molar-refractivity contribution in [3.05, 3.63) is 59.1 Å². The van der Waals surface area contributed by atoms with Crippen LogP contribution in [0.15, 0.2) is 53.4 Å². The van der Waals surface area contributed by atoms with Crippen molar-refractivity contribution in [1.82, 2.24) is 14.5 Å². The zero-order valence-corrected chi connectivity index (χ0v) is 19.8. The van der Waals surface area contributed by atoms with Crippen LogP contribution in [-0.4, -0.2) is 75.3 Å². The Hall–Kier alpha value is -2.62. The number of amides is 2. The minimum absolute atomic E-state index is 0.0299. The van der Waals surface area contributed by atoms with E-state index >= 15 is 0 Å². The van der Waals surface area contributed by atoms with E-state index in [1.165, 1.54) is 22.5 Å². The highest BCUT2D eigenvalue weighted by molar-refractivity contribution is 7.89. The smallest absolute Gasteiger partial charge is 0.253 e. The second kappa shape index (κ2) is 10.1. The second-order valence-corrected chi connectivity index (χ2v) is 10.5. The number of benzene rings is 2. The van der Waals surface area contributed by atoms with E-state index in [2.05, 4.69) is 10.2 Å². The van der Waals surface area contributed by atoms with Crippen LogP contribution in [0.4, 0.5) is 5.69 Å². The lowest BCUT2D eigenvalue weighted by Gasteiger charge is -2.36. The van der Waals surface area contributed by atoms with Crippen molar-refractivity contribution in [1.29, 1.82) is 0 Å². The standard InChI is InChI=1S/C23H27ClN4O4S/c24-21-9-8-19(33(31,32)28-10-4-5-11-28)16-20(21)23(30)25-17-22(29)27-14-12-26(13-15-27)18-6-2-1-3-7-18/h1-3,6-9,16H,4-5,10-15,17H2,(H,25,30). The fourth-order valence-electron chi connectivity index (χ4n) is 4.13. The molecule has 2 fully saturated rings. The van der Waals surface area contributed by atoms with Crippen LogP contribution >= 0.6 is 11.6 Å². The van der Waals surface area contributed by atoms with Crippen molar-refractivity contribution < 1.29 is 18.0 Å². The molecule has 2 amide bonds. The lowest BCUT2D eigenvalue weighted by atomic mass is 10.2. The molecule has 0 unspecified atom stereocenters. The first-order chi connectivity index (χ1) is 15.9. The molecule has 0 aromatic heterocycles. The van der Waals surface area contributed by atoms with Crippen LogP contribution in [0.2, 0.25) is 5.02 Å². The lowest BCUT2D eigenvalue weighted by molar-refractivity contribution is -0.130. The summed E-state index contributed by atoms with van der Waals surface area (Å²) in [5, 5.41) is 2.73. The molecule has 2 aliphatic rings. The summed E-state index contributed by atoms with van der Waals surface area (Å²) >= 11 is 6.17. The number of hydrogen-bond acceptors (Lipinski definition) is 5. The van der Waals surface area contributed by atoms with E-state index in [-0.39, 0.29) is 27.9 Å². The van der Waals surface area contributed by atoms with Gasteiger partial charge >= 0.3 is 0 Å². The summed E-state index contributed by atoms with van der Waals surface area (Å²) in [4.78, 5) is 29.3. The maximum atomic E-state index is 12.8. The van der Waals surface area contributed by atoms with Gasteiger partial charge in [0.15, 0.2) is 0 Å². The Bertz CT molecular complexity index is 1110. The largest absolute Gasteiger partial charge is 0.368 e. The zero-order chi connectivity index (χ0) is 23.4. The van der Waals surface area contributed by atoms with Crippen molar-refractivity contribution in [3.63, 3.8) is 0 Å². The predicted octanol–water partition coefficient (Wildman–Crippen LogP) is 2.20. The fourth-order valence-corrected chi connectivity index (χ4v) is 5.88. The van der Waals surface area contributed by atoms with Crippen LogP contribution in [0.5, 0.6) is 0 Å². The van der Waals surface area contributed by atoms with E-state index in [1.807, 2.05) is 30.3 Å². The van der Waals surface area contributed by atoms with Crippen molar-refractivity contribution in [2.24, 2.45) is 0 Å². The molecule has 4 rings (SSSR count). The molecule has 1 N–H and O–H groups in total. The van der Waals surface area contributed by atoms with E-state index < -0.39 is 15.9 Å². The molecule has 2 aromatic rings. The first kappa shape index (κ1) is 23.5. The van der Waals surface area contributed by atoms with E-state index in [1.54, 1.807) is 4.90 Å². The number of para-hydroxylation sites is 1. The molecular weight excluding hydrogens is 464 g/mol. The Balaban J connectivity index is 1.34. The van der Waals surface area contributed by atoms with Gasteiger partial charge in [-0.2, -0.15) is 4.31 Å². The van der Waals surface area contributed by atoms with Gasteiger partial charge in [-0.25, -0.2) is 8.42 Å². The van der Waals surface area contributed by atoms with Gasteiger partial charge in [0.25, 0.3) is 5.91 Å². The van der Waals surface area contributed by atoms with Gasteiger partial charge in [-0.15, -0.1) is 0 Å². The van der Waals surface area contributed by atoms with Gasteiger partial charge in [0, 0.05) is 45.0 Å².